The number of allylic oxidation sites excluding steroid dienone is 5. The molecule has 1 N–H and O–H groups in total. The average Bonchev–Trinajstić information content (AvgIpc) is 2.27. The first-order valence-corrected chi connectivity index (χ1v) is 4.32. The highest BCUT2D eigenvalue weighted by atomic mass is 19.4. The SMILES string of the molecule is CC(=O)NC1=CC=CC(C(F)(F)F)=CC1. The first-order chi connectivity index (χ1) is 6.89. The zero-order valence-electron chi connectivity index (χ0n) is 8.06. The van der Waals surface area contributed by atoms with Crippen LogP contribution >= 0.6 is 0 Å². The van der Waals surface area contributed by atoms with Gasteiger partial charge in [-0.05, 0) is 6.08 Å². The topological polar surface area (TPSA) is 29.1 Å². The van der Waals surface area contributed by atoms with Crippen molar-refractivity contribution >= 4 is 5.91 Å². The molecule has 0 aliphatic heterocycles. The molecule has 0 saturated carbocycles. The van der Waals surface area contributed by atoms with E-state index in [1.54, 1.807) is 0 Å². The van der Waals surface area contributed by atoms with Crippen molar-refractivity contribution in [2.75, 3.05) is 0 Å². The molecule has 0 aromatic rings. The zero-order chi connectivity index (χ0) is 11.5. The minimum atomic E-state index is -4.34. The summed E-state index contributed by atoms with van der Waals surface area (Å²) in [5.74, 6) is -0.293. The van der Waals surface area contributed by atoms with Crippen LogP contribution in [0.3, 0.4) is 0 Å². The van der Waals surface area contributed by atoms with Crippen LogP contribution in [0.25, 0.3) is 0 Å². The van der Waals surface area contributed by atoms with Gasteiger partial charge in [0.05, 0.1) is 5.57 Å². The average molecular weight is 217 g/mol. The Morgan fingerprint density at radius 2 is 2.13 bits per heavy atom. The Balaban J connectivity index is 2.76. The largest absolute Gasteiger partial charge is 0.416 e. The Morgan fingerprint density at radius 3 is 2.67 bits per heavy atom. The lowest BCUT2D eigenvalue weighted by Gasteiger charge is -2.06. The van der Waals surface area contributed by atoms with Gasteiger partial charge in [-0.15, -0.1) is 0 Å². The van der Waals surface area contributed by atoms with Crippen LogP contribution in [0.5, 0.6) is 0 Å². The fourth-order valence-corrected chi connectivity index (χ4v) is 1.15. The van der Waals surface area contributed by atoms with E-state index < -0.39 is 11.7 Å². The Bertz CT molecular complexity index is 350. The summed E-state index contributed by atoms with van der Waals surface area (Å²) in [5.41, 5.74) is -0.239. The number of amides is 1. The summed E-state index contributed by atoms with van der Waals surface area (Å²) in [4.78, 5) is 10.7. The Kier molecular flexibility index (Phi) is 3.34. The molecule has 82 valence electrons. The van der Waals surface area contributed by atoms with Gasteiger partial charge in [0.15, 0.2) is 0 Å². The number of carbonyl (C=O) groups is 1. The van der Waals surface area contributed by atoms with E-state index in [0.717, 1.165) is 12.2 Å². The van der Waals surface area contributed by atoms with Gasteiger partial charge in [0.1, 0.15) is 0 Å². The van der Waals surface area contributed by atoms with E-state index in [-0.39, 0.29) is 12.3 Å². The molecule has 0 atom stereocenters. The van der Waals surface area contributed by atoms with Crippen LogP contribution in [-0.4, -0.2) is 12.1 Å². The highest BCUT2D eigenvalue weighted by Gasteiger charge is 2.31. The third-order valence-corrected chi connectivity index (χ3v) is 1.78. The summed E-state index contributed by atoms with van der Waals surface area (Å²) in [5, 5.41) is 2.45. The molecule has 1 amide bonds. The highest BCUT2D eigenvalue weighted by Crippen LogP contribution is 2.28. The van der Waals surface area contributed by atoms with Gasteiger partial charge in [0.25, 0.3) is 0 Å². The second-order valence-electron chi connectivity index (χ2n) is 3.09. The predicted molar refractivity (Wildman–Crippen MR) is 49.8 cm³/mol. The van der Waals surface area contributed by atoms with Crippen molar-refractivity contribution in [3.8, 4) is 0 Å². The molecular weight excluding hydrogens is 207 g/mol. The molecule has 5 heteroatoms. The number of alkyl halides is 3. The first-order valence-electron chi connectivity index (χ1n) is 4.32. The van der Waals surface area contributed by atoms with E-state index in [1.807, 2.05) is 0 Å². The minimum Gasteiger partial charge on any atom is -0.330 e. The number of hydrogen-bond donors (Lipinski definition) is 1. The van der Waals surface area contributed by atoms with Crippen molar-refractivity contribution in [2.45, 2.75) is 19.5 Å². The second kappa shape index (κ2) is 4.33. The molecule has 1 aliphatic carbocycles. The van der Waals surface area contributed by atoms with Gasteiger partial charge in [0, 0.05) is 19.0 Å². The van der Waals surface area contributed by atoms with Crippen LogP contribution < -0.4 is 5.32 Å². The van der Waals surface area contributed by atoms with E-state index in [4.69, 9.17) is 0 Å². The van der Waals surface area contributed by atoms with Crippen LogP contribution in [0.4, 0.5) is 13.2 Å². The summed E-state index contributed by atoms with van der Waals surface area (Å²) in [6.07, 6.45) is 0.492. The summed E-state index contributed by atoms with van der Waals surface area (Å²) in [6.45, 7) is 1.31. The fraction of sp³-hybridized carbons (Fsp3) is 0.300. The van der Waals surface area contributed by atoms with Gasteiger partial charge in [0.2, 0.25) is 5.91 Å². The fourth-order valence-electron chi connectivity index (χ4n) is 1.15. The molecule has 0 heterocycles. The molecule has 2 nitrogen and oxygen atoms in total. The van der Waals surface area contributed by atoms with Gasteiger partial charge in [-0.1, -0.05) is 18.2 Å². The van der Waals surface area contributed by atoms with Crippen molar-refractivity contribution < 1.29 is 18.0 Å². The maximum Gasteiger partial charge on any atom is 0.416 e. The van der Waals surface area contributed by atoms with Crippen LogP contribution in [0.1, 0.15) is 13.3 Å². The number of carbonyl (C=O) groups excluding carboxylic acids is 1. The van der Waals surface area contributed by atoms with E-state index in [1.165, 1.54) is 19.1 Å². The van der Waals surface area contributed by atoms with Crippen molar-refractivity contribution in [2.24, 2.45) is 0 Å². The highest BCUT2D eigenvalue weighted by molar-refractivity contribution is 5.75. The normalized spacial score (nSPS) is 16.5. The predicted octanol–water partition coefficient (Wildman–Crippen LogP) is 2.46. The number of rotatable bonds is 1. The number of hydrogen-bond acceptors (Lipinski definition) is 1. The molecule has 0 fully saturated rings. The molecule has 0 aromatic carbocycles. The maximum atomic E-state index is 12.3. The maximum absolute atomic E-state index is 12.3. The van der Waals surface area contributed by atoms with E-state index >= 15 is 0 Å². The van der Waals surface area contributed by atoms with Gasteiger partial charge in [-0.2, -0.15) is 13.2 Å². The van der Waals surface area contributed by atoms with Crippen LogP contribution in [0.2, 0.25) is 0 Å². The van der Waals surface area contributed by atoms with Gasteiger partial charge < -0.3 is 5.32 Å². The summed E-state index contributed by atoms with van der Waals surface area (Å²) < 4.78 is 36.8. The van der Waals surface area contributed by atoms with Gasteiger partial charge in [-0.25, -0.2) is 0 Å². The molecule has 0 bridgehead atoms. The lowest BCUT2D eigenvalue weighted by molar-refractivity contribution is -0.118. The summed E-state index contributed by atoms with van der Waals surface area (Å²) in [7, 11) is 0. The molecular formula is C10H10F3NO. The zero-order valence-corrected chi connectivity index (χ0v) is 8.06. The van der Waals surface area contributed by atoms with Crippen LogP contribution in [-0.2, 0) is 4.79 Å². The molecule has 0 radical (unpaired) electrons. The minimum absolute atomic E-state index is 0.0709. The Labute approximate surface area is 85.2 Å². The summed E-state index contributed by atoms with van der Waals surface area (Å²) in [6, 6.07) is 0. The lowest BCUT2D eigenvalue weighted by Crippen LogP contribution is -2.18. The number of halogens is 3. The molecule has 1 aliphatic rings. The molecule has 0 saturated heterocycles. The van der Waals surface area contributed by atoms with Crippen molar-refractivity contribution in [1.82, 2.24) is 5.32 Å². The second-order valence-corrected chi connectivity index (χ2v) is 3.09. The standard InChI is InChI=1S/C10H10F3NO/c1-7(15)14-9-4-2-3-8(5-6-9)10(11,12)13/h2-5H,6H2,1H3,(H,14,15). The molecule has 0 aromatic heterocycles. The monoisotopic (exact) mass is 217 g/mol. The lowest BCUT2D eigenvalue weighted by atomic mass is 10.2. The molecule has 1 rings (SSSR count). The van der Waals surface area contributed by atoms with Gasteiger partial charge in [-0.3, -0.25) is 4.79 Å². The van der Waals surface area contributed by atoms with Crippen molar-refractivity contribution in [3.63, 3.8) is 0 Å². The van der Waals surface area contributed by atoms with E-state index in [2.05, 4.69) is 5.32 Å². The smallest absolute Gasteiger partial charge is 0.330 e. The quantitative estimate of drug-likeness (QED) is 0.718. The summed E-state index contributed by atoms with van der Waals surface area (Å²) >= 11 is 0. The molecule has 0 spiro atoms. The molecule has 0 unspecified atom stereocenters. The van der Waals surface area contributed by atoms with Gasteiger partial charge >= 0.3 is 6.18 Å². The van der Waals surface area contributed by atoms with E-state index in [0.29, 0.717) is 5.70 Å². The van der Waals surface area contributed by atoms with Crippen molar-refractivity contribution in [1.29, 1.82) is 0 Å². The Morgan fingerprint density at radius 1 is 1.47 bits per heavy atom. The first kappa shape index (κ1) is 11.6. The number of nitrogens with one attached hydrogen (secondary N) is 1. The van der Waals surface area contributed by atoms with Crippen LogP contribution in [0.15, 0.2) is 35.6 Å². The Hall–Kier alpha value is -1.52. The van der Waals surface area contributed by atoms with Crippen molar-refractivity contribution in [3.05, 3.63) is 35.6 Å². The third-order valence-electron chi connectivity index (χ3n) is 1.78. The van der Waals surface area contributed by atoms with E-state index in [9.17, 15) is 18.0 Å². The third kappa shape index (κ3) is 3.61. The van der Waals surface area contributed by atoms with Crippen LogP contribution in [0, 0.1) is 0 Å². The molecule has 15 heavy (non-hydrogen) atoms.